The van der Waals surface area contributed by atoms with Gasteiger partial charge in [-0.2, -0.15) is 5.10 Å². The summed E-state index contributed by atoms with van der Waals surface area (Å²) in [6.45, 7) is 2.20. The normalized spacial score (nSPS) is 20.5. The van der Waals surface area contributed by atoms with Crippen LogP contribution in [0.4, 0.5) is 0 Å². The monoisotopic (exact) mass is 345 g/mol. The molecule has 1 unspecified atom stereocenters. The van der Waals surface area contributed by atoms with Crippen molar-refractivity contribution < 1.29 is 0 Å². The van der Waals surface area contributed by atoms with Gasteiger partial charge in [-0.3, -0.25) is 10.4 Å². The van der Waals surface area contributed by atoms with Crippen LogP contribution < -0.4 is 5.43 Å². The second kappa shape index (κ2) is 7.86. The summed E-state index contributed by atoms with van der Waals surface area (Å²) in [6, 6.07) is 15.1. The van der Waals surface area contributed by atoms with Crippen LogP contribution in [0.5, 0.6) is 0 Å². The molecule has 1 fully saturated rings. The molecule has 0 amide bonds. The molecular weight excluding hydrogens is 318 g/mol. The van der Waals surface area contributed by atoms with E-state index >= 15 is 0 Å². The quantitative estimate of drug-likeness (QED) is 0.816. The highest BCUT2D eigenvalue weighted by Gasteiger charge is 2.30. The maximum absolute atomic E-state index is 4.80. The molecule has 3 nitrogen and oxygen atoms in total. The molecule has 1 aliphatic carbocycles. The third-order valence-electron chi connectivity index (χ3n) is 5.63. The largest absolute Gasteiger partial charge is 0.278 e. The molecule has 2 aromatic rings. The highest BCUT2D eigenvalue weighted by molar-refractivity contribution is 6.04. The van der Waals surface area contributed by atoms with Crippen LogP contribution in [0, 0.1) is 5.92 Å². The Hall–Kier alpha value is -2.42. The maximum Gasteiger partial charge on any atom is 0.0935 e. The molecule has 26 heavy (non-hydrogen) atoms. The second-order valence-electron chi connectivity index (χ2n) is 7.28. The fourth-order valence-corrected chi connectivity index (χ4v) is 4.14. The highest BCUT2D eigenvalue weighted by Crippen LogP contribution is 2.36. The minimum absolute atomic E-state index is 0.382. The van der Waals surface area contributed by atoms with E-state index in [0.717, 1.165) is 24.2 Å². The van der Waals surface area contributed by atoms with Gasteiger partial charge in [0.2, 0.25) is 0 Å². The lowest BCUT2D eigenvalue weighted by Crippen LogP contribution is -2.30. The number of benzene rings is 1. The summed E-state index contributed by atoms with van der Waals surface area (Å²) in [5, 5.41) is 4.80. The number of nitrogens with one attached hydrogen (secondary N) is 1. The Morgan fingerprint density at radius 3 is 2.62 bits per heavy atom. The molecule has 1 N–H and O–H groups in total. The minimum atomic E-state index is 0.382. The number of fused-ring (bicyclic) bond motifs is 1. The molecule has 0 bridgehead atoms. The Morgan fingerprint density at radius 2 is 1.85 bits per heavy atom. The lowest BCUT2D eigenvalue weighted by molar-refractivity contribution is 0.521. The first-order valence-corrected chi connectivity index (χ1v) is 9.94. The van der Waals surface area contributed by atoms with Crippen LogP contribution in [0.1, 0.15) is 62.3 Å². The average Bonchev–Trinajstić information content (AvgIpc) is 2.68. The number of hydrazone groups is 1. The third-order valence-corrected chi connectivity index (χ3v) is 5.63. The molecule has 134 valence electrons. The fourth-order valence-electron chi connectivity index (χ4n) is 4.14. The number of allylic oxidation sites excluding steroid dienone is 1. The molecular formula is C23H27N3. The van der Waals surface area contributed by atoms with Gasteiger partial charge in [0.25, 0.3) is 0 Å². The van der Waals surface area contributed by atoms with Gasteiger partial charge in [0.15, 0.2) is 0 Å². The summed E-state index contributed by atoms with van der Waals surface area (Å²) in [4.78, 5) is 4.57. The van der Waals surface area contributed by atoms with Crippen LogP contribution >= 0.6 is 0 Å². The van der Waals surface area contributed by atoms with Crippen molar-refractivity contribution in [1.29, 1.82) is 0 Å². The van der Waals surface area contributed by atoms with Crippen molar-refractivity contribution in [1.82, 2.24) is 10.4 Å². The van der Waals surface area contributed by atoms with Crippen molar-refractivity contribution in [2.75, 3.05) is 0 Å². The zero-order valence-electron chi connectivity index (χ0n) is 15.5. The number of aromatic nitrogens is 1. The lowest BCUT2D eigenvalue weighted by Gasteiger charge is -2.31. The zero-order chi connectivity index (χ0) is 17.8. The summed E-state index contributed by atoms with van der Waals surface area (Å²) in [7, 11) is 0. The first-order valence-electron chi connectivity index (χ1n) is 9.94. The van der Waals surface area contributed by atoms with E-state index < -0.39 is 0 Å². The summed E-state index contributed by atoms with van der Waals surface area (Å²) in [5.74, 6) is 0.382. The van der Waals surface area contributed by atoms with Crippen molar-refractivity contribution in [2.45, 2.75) is 51.9 Å². The van der Waals surface area contributed by atoms with Gasteiger partial charge >= 0.3 is 0 Å². The van der Waals surface area contributed by atoms with E-state index in [4.69, 9.17) is 5.10 Å². The van der Waals surface area contributed by atoms with E-state index in [9.17, 15) is 0 Å². The average molecular weight is 345 g/mol. The lowest BCUT2D eigenvalue weighted by atomic mass is 9.79. The summed E-state index contributed by atoms with van der Waals surface area (Å²) < 4.78 is 0. The number of pyridine rings is 1. The first kappa shape index (κ1) is 17.0. The van der Waals surface area contributed by atoms with E-state index in [1.54, 1.807) is 0 Å². The van der Waals surface area contributed by atoms with Gasteiger partial charge in [-0.25, -0.2) is 0 Å². The van der Waals surface area contributed by atoms with Crippen molar-refractivity contribution in [3.8, 4) is 0 Å². The molecule has 1 aromatic heterocycles. The predicted octanol–water partition coefficient (Wildman–Crippen LogP) is 5.33. The molecule has 0 spiro atoms. The minimum Gasteiger partial charge on any atom is -0.278 e. The Morgan fingerprint density at radius 1 is 1.00 bits per heavy atom. The number of hydrogen-bond donors (Lipinski definition) is 1. The van der Waals surface area contributed by atoms with Crippen LogP contribution in [0.3, 0.4) is 0 Å². The van der Waals surface area contributed by atoms with Gasteiger partial charge in [-0.05, 0) is 54.5 Å². The summed E-state index contributed by atoms with van der Waals surface area (Å²) in [5.41, 5.74) is 10.9. The molecule has 0 saturated heterocycles. The fraction of sp³-hybridized carbons (Fsp3) is 0.391. The van der Waals surface area contributed by atoms with E-state index in [1.807, 2.05) is 12.3 Å². The third kappa shape index (κ3) is 3.44. The molecule has 1 aliphatic heterocycles. The maximum atomic E-state index is 4.80. The second-order valence-corrected chi connectivity index (χ2v) is 7.28. The van der Waals surface area contributed by atoms with Crippen LogP contribution in [0.15, 0.2) is 59.3 Å². The number of nitrogens with zero attached hydrogens (tertiary/aromatic N) is 2. The Balaban J connectivity index is 1.74. The van der Waals surface area contributed by atoms with Crippen LogP contribution in [-0.4, -0.2) is 10.7 Å². The smallest absolute Gasteiger partial charge is 0.0935 e. The van der Waals surface area contributed by atoms with E-state index in [2.05, 4.69) is 53.7 Å². The zero-order valence-corrected chi connectivity index (χ0v) is 15.5. The highest BCUT2D eigenvalue weighted by atomic mass is 15.3. The molecule has 1 saturated carbocycles. The van der Waals surface area contributed by atoms with Crippen molar-refractivity contribution in [2.24, 2.45) is 11.0 Å². The predicted molar refractivity (Wildman–Crippen MR) is 108 cm³/mol. The molecule has 0 radical (unpaired) electrons. The van der Waals surface area contributed by atoms with E-state index in [0.29, 0.717) is 5.92 Å². The standard InChI is InChI=1S/C23H27N3/c1-2-17-12-14-18(15-13-17)22-19-9-5-3-4-6-10-20(19)23(26-25-22)21-11-7-8-16-24-21/h7-8,11-16,20,25H,2-6,9-10H2,1H3. The molecule has 1 atom stereocenters. The molecule has 3 heteroatoms. The number of aryl methyl sites for hydroxylation is 1. The first-order chi connectivity index (χ1) is 12.9. The summed E-state index contributed by atoms with van der Waals surface area (Å²) in [6.07, 6.45) is 10.4. The van der Waals surface area contributed by atoms with Crippen LogP contribution in [-0.2, 0) is 6.42 Å². The number of hydrogen-bond acceptors (Lipinski definition) is 3. The van der Waals surface area contributed by atoms with Gasteiger partial charge < -0.3 is 0 Å². The van der Waals surface area contributed by atoms with E-state index in [-0.39, 0.29) is 0 Å². The Kier molecular flexibility index (Phi) is 5.14. The van der Waals surface area contributed by atoms with Crippen molar-refractivity contribution in [3.05, 3.63) is 71.1 Å². The van der Waals surface area contributed by atoms with Gasteiger partial charge in [0, 0.05) is 12.1 Å². The van der Waals surface area contributed by atoms with E-state index in [1.165, 1.54) is 54.5 Å². The molecule has 4 rings (SSSR count). The Labute approximate surface area is 156 Å². The number of rotatable bonds is 3. The Bertz CT molecular complexity index is 803. The van der Waals surface area contributed by atoms with Crippen molar-refractivity contribution >= 4 is 11.4 Å². The van der Waals surface area contributed by atoms with Gasteiger partial charge in [-0.15, -0.1) is 0 Å². The molecule has 2 heterocycles. The molecule has 2 aliphatic rings. The summed E-state index contributed by atoms with van der Waals surface area (Å²) >= 11 is 0. The van der Waals surface area contributed by atoms with Gasteiger partial charge in [0.05, 0.1) is 17.1 Å². The van der Waals surface area contributed by atoms with Gasteiger partial charge in [-0.1, -0.05) is 56.5 Å². The topological polar surface area (TPSA) is 37.3 Å². The molecule has 1 aromatic carbocycles. The van der Waals surface area contributed by atoms with Crippen molar-refractivity contribution in [3.63, 3.8) is 0 Å². The SMILES string of the molecule is CCc1ccc(C2=C3CCCCCCC3C(c3ccccn3)=NN2)cc1. The van der Waals surface area contributed by atoms with Gasteiger partial charge in [0.1, 0.15) is 0 Å². The van der Waals surface area contributed by atoms with Crippen LogP contribution in [0.25, 0.3) is 5.70 Å². The van der Waals surface area contributed by atoms with Crippen LogP contribution in [0.2, 0.25) is 0 Å².